The first kappa shape index (κ1) is 18.2. The Morgan fingerprint density at radius 1 is 1.14 bits per heavy atom. The number of methoxy groups -OCH3 is 1. The summed E-state index contributed by atoms with van der Waals surface area (Å²) in [5.41, 5.74) is 2.39. The van der Waals surface area contributed by atoms with Crippen LogP contribution in [0.1, 0.15) is 18.9 Å². The second-order valence-electron chi connectivity index (χ2n) is 6.74. The zero-order valence-electron chi connectivity index (χ0n) is 15.7. The molecule has 7 heteroatoms. The van der Waals surface area contributed by atoms with Crippen LogP contribution >= 0.6 is 0 Å². The highest BCUT2D eigenvalue weighted by Gasteiger charge is 2.40. The molecule has 1 N–H and O–H groups in total. The summed E-state index contributed by atoms with van der Waals surface area (Å²) in [6.07, 6.45) is 0.760. The van der Waals surface area contributed by atoms with Crippen LogP contribution in [0.4, 0.5) is 11.6 Å². The van der Waals surface area contributed by atoms with Crippen LogP contribution in [0.2, 0.25) is 0 Å². The third-order valence-electron chi connectivity index (χ3n) is 4.85. The number of hydrogen-bond donors (Lipinski definition) is 1. The van der Waals surface area contributed by atoms with E-state index in [1.54, 1.807) is 12.0 Å². The smallest absolute Gasteiger partial charge is 0.253 e. The Morgan fingerprint density at radius 3 is 2.68 bits per heavy atom. The molecule has 0 saturated carbocycles. The fourth-order valence-corrected chi connectivity index (χ4v) is 3.58. The topological polar surface area (TPSA) is 76.5 Å². The number of benzene rings is 2. The maximum Gasteiger partial charge on any atom is 0.253 e. The van der Waals surface area contributed by atoms with Crippen molar-refractivity contribution < 1.29 is 14.3 Å². The highest BCUT2D eigenvalue weighted by atomic mass is 16.5. The molecule has 4 rings (SSSR count). The Labute approximate surface area is 162 Å². The fraction of sp³-hybridized carbons (Fsp3) is 0.286. The van der Waals surface area contributed by atoms with Crippen LogP contribution in [0.25, 0.3) is 11.0 Å². The van der Waals surface area contributed by atoms with Gasteiger partial charge in [0.05, 0.1) is 17.5 Å². The number of fused-ring (bicyclic) bond motifs is 3. The Balaban J connectivity index is 1.62. The SMILES string of the molecule is COCCCN1C(=O)[C@H](CC(=O)Nc2ccccc2)n2c1nc1ccccc12. The largest absolute Gasteiger partial charge is 0.385 e. The number of nitrogens with one attached hydrogen (secondary N) is 1. The van der Waals surface area contributed by atoms with Crippen molar-refractivity contribution in [2.75, 3.05) is 30.5 Å². The zero-order valence-corrected chi connectivity index (χ0v) is 15.7. The number of para-hydroxylation sites is 3. The lowest BCUT2D eigenvalue weighted by molar-refractivity contribution is -0.124. The molecule has 28 heavy (non-hydrogen) atoms. The van der Waals surface area contributed by atoms with E-state index in [0.717, 1.165) is 11.0 Å². The summed E-state index contributed by atoms with van der Waals surface area (Å²) in [6.45, 7) is 1.07. The predicted molar refractivity (Wildman–Crippen MR) is 107 cm³/mol. The van der Waals surface area contributed by atoms with Gasteiger partial charge in [0.25, 0.3) is 5.91 Å². The molecule has 3 aromatic rings. The van der Waals surface area contributed by atoms with Crippen molar-refractivity contribution in [2.24, 2.45) is 0 Å². The third-order valence-corrected chi connectivity index (χ3v) is 4.85. The highest BCUT2D eigenvalue weighted by Crippen LogP contribution is 2.36. The Morgan fingerprint density at radius 2 is 1.89 bits per heavy atom. The molecule has 2 aromatic carbocycles. The van der Waals surface area contributed by atoms with Crippen molar-refractivity contribution in [2.45, 2.75) is 18.9 Å². The summed E-state index contributed by atoms with van der Waals surface area (Å²) in [5, 5.41) is 2.86. The standard InChI is InChI=1S/C21H22N4O3/c1-28-13-7-12-24-20(27)18(14-19(26)22-15-8-3-2-4-9-15)25-17-11-6-5-10-16(17)23-21(24)25/h2-6,8-11,18H,7,12-14H2,1H3,(H,22,26)/t18-/m0/s1. The van der Waals surface area contributed by atoms with Crippen LogP contribution < -0.4 is 10.2 Å². The Kier molecular flexibility index (Phi) is 5.08. The number of rotatable bonds is 7. The van der Waals surface area contributed by atoms with E-state index < -0.39 is 6.04 Å². The molecular weight excluding hydrogens is 356 g/mol. The van der Waals surface area contributed by atoms with Crippen LogP contribution in [-0.4, -0.2) is 41.6 Å². The van der Waals surface area contributed by atoms with Gasteiger partial charge in [0.2, 0.25) is 11.9 Å². The molecule has 1 aliphatic heterocycles. The van der Waals surface area contributed by atoms with Crippen molar-refractivity contribution in [1.82, 2.24) is 9.55 Å². The van der Waals surface area contributed by atoms with Gasteiger partial charge in [-0.2, -0.15) is 0 Å². The fourth-order valence-electron chi connectivity index (χ4n) is 3.58. The molecule has 0 radical (unpaired) electrons. The van der Waals surface area contributed by atoms with E-state index in [-0.39, 0.29) is 18.2 Å². The van der Waals surface area contributed by atoms with Gasteiger partial charge in [0.1, 0.15) is 6.04 Å². The number of imidazole rings is 1. The summed E-state index contributed by atoms with van der Waals surface area (Å²) in [5.74, 6) is 0.291. The average molecular weight is 378 g/mol. The van der Waals surface area contributed by atoms with E-state index in [1.807, 2.05) is 59.2 Å². The molecule has 7 nitrogen and oxygen atoms in total. The highest BCUT2D eigenvalue weighted by molar-refractivity contribution is 6.05. The lowest BCUT2D eigenvalue weighted by Gasteiger charge is -2.15. The average Bonchev–Trinajstić information content (AvgIpc) is 3.19. The molecule has 1 atom stereocenters. The normalized spacial score (nSPS) is 15.8. The predicted octanol–water partition coefficient (Wildman–Crippen LogP) is 2.99. The third kappa shape index (κ3) is 3.36. The lowest BCUT2D eigenvalue weighted by Crippen LogP contribution is -2.32. The number of ether oxygens (including phenoxy) is 1. The second-order valence-corrected chi connectivity index (χ2v) is 6.74. The molecule has 0 bridgehead atoms. The number of carbonyl (C=O) groups excluding carboxylic acids is 2. The number of anilines is 2. The molecule has 0 aliphatic carbocycles. The molecule has 0 unspecified atom stereocenters. The number of carbonyl (C=O) groups is 2. The quantitative estimate of drug-likeness (QED) is 0.641. The first-order valence-electron chi connectivity index (χ1n) is 9.31. The van der Waals surface area contributed by atoms with Crippen molar-refractivity contribution in [1.29, 1.82) is 0 Å². The van der Waals surface area contributed by atoms with Gasteiger partial charge in [0, 0.05) is 25.9 Å². The zero-order chi connectivity index (χ0) is 19.5. The Hall–Kier alpha value is -3.19. The van der Waals surface area contributed by atoms with Crippen molar-refractivity contribution >= 4 is 34.5 Å². The van der Waals surface area contributed by atoms with E-state index in [1.165, 1.54) is 0 Å². The van der Waals surface area contributed by atoms with E-state index in [0.29, 0.717) is 31.2 Å². The van der Waals surface area contributed by atoms with Crippen LogP contribution in [0.3, 0.4) is 0 Å². The van der Waals surface area contributed by atoms with E-state index in [2.05, 4.69) is 10.3 Å². The summed E-state index contributed by atoms with van der Waals surface area (Å²) in [7, 11) is 1.64. The molecule has 0 fully saturated rings. The summed E-state index contributed by atoms with van der Waals surface area (Å²) in [4.78, 5) is 32.0. The summed E-state index contributed by atoms with van der Waals surface area (Å²) in [6, 6.07) is 16.3. The molecule has 2 amide bonds. The van der Waals surface area contributed by atoms with Gasteiger partial charge in [0.15, 0.2) is 0 Å². The molecule has 144 valence electrons. The van der Waals surface area contributed by atoms with Crippen molar-refractivity contribution in [3.63, 3.8) is 0 Å². The minimum absolute atomic E-state index is 0.0574. The van der Waals surface area contributed by atoms with Gasteiger partial charge in [-0.25, -0.2) is 4.98 Å². The first-order chi connectivity index (χ1) is 13.7. The lowest BCUT2D eigenvalue weighted by atomic mass is 10.1. The second kappa shape index (κ2) is 7.82. The van der Waals surface area contributed by atoms with E-state index in [4.69, 9.17) is 4.74 Å². The molecule has 1 aliphatic rings. The molecule has 0 spiro atoms. The van der Waals surface area contributed by atoms with Gasteiger partial charge >= 0.3 is 0 Å². The Bertz CT molecular complexity index is 999. The molecule has 1 aromatic heterocycles. The number of nitrogens with zero attached hydrogens (tertiary/aromatic N) is 3. The van der Waals surface area contributed by atoms with Gasteiger partial charge in [-0.15, -0.1) is 0 Å². The molecular formula is C21H22N4O3. The molecule has 0 saturated heterocycles. The van der Waals surface area contributed by atoms with Crippen LogP contribution in [0.15, 0.2) is 54.6 Å². The van der Waals surface area contributed by atoms with Crippen LogP contribution in [-0.2, 0) is 14.3 Å². The van der Waals surface area contributed by atoms with E-state index >= 15 is 0 Å². The van der Waals surface area contributed by atoms with Gasteiger partial charge in [-0.1, -0.05) is 30.3 Å². The van der Waals surface area contributed by atoms with Gasteiger partial charge in [-0.3, -0.25) is 19.1 Å². The van der Waals surface area contributed by atoms with Crippen molar-refractivity contribution in [3.05, 3.63) is 54.6 Å². The number of hydrogen-bond acceptors (Lipinski definition) is 4. The van der Waals surface area contributed by atoms with Crippen LogP contribution in [0.5, 0.6) is 0 Å². The van der Waals surface area contributed by atoms with Gasteiger partial charge in [-0.05, 0) is 30.7 Å². The van der Waals surface area contributed by atoms with Crippen molar-refractivity contribution in [3.8, 4) is 0 Å². The minimum atomic E-state index is -0.603. The molecule has 2 heterocycles. The summed E-state index contributed by atoms with van der Waals surface area (Å²) < 4.78 is 7.00. The van der Waals surface area contributed by atoms with Crippen LogP contribution in [0, 0.1) is 0 Å². The minimum Gasteiger partial charge on any atom is -0.385 e. The van der Waals surface area contributed by atoms with Gasteiger partial charge < -0.3 is 10.1 Å². The monoisotopic (exact) mass is 378 g/mol. The maximum atomic E-state index is 13.1. The number of aromatic nitrogens is 2. The summed E-state index contributed by atoms with van der Waals surface area (Å²) >= 11 is 0. The maximum absolute atomic E-state index is 13.1. The number of amides is 2. The van der Waals surface area contributed by atoms with E-state index in [9.17, 15) is 9.59 Å². The first-order valence-corrected chi connectivity index (χ1v) is 9.31.